The molecule has 1 aromatic carbocycles. The van der Waals surface area contributed by atoms with Gasteiger partial charge in [-0.2, -0.15) is 0 Å². The predicted molar refractivity (Wildman–Crippen MR) is 82.3 cm³/mol. The van der Waals surface area contributed by atoms with Gasteiger partial charge < -0.3 is 0 Å². The average Bonchev–Trinajstić information content (AvgIpc) is 2.88. The van der Waals surface area contributed by atoms with Crippen LogP contribution in [0.15, 0.2) is 58.6 Å². The summed E-state index contributed by atoms with van der Waals surface area (Å²) in [6.45, 7) is 0. The van der Waals surface area contributed by atoms with Gasteiger partial charge in [0, 0.05) is 34.2 Å². The molecule has 2 heterocycles. The minimum Gasteiger partial charge on any atom is -0.264 e. The Morgan fingerprint density at radius 3 is 2.89 bits per heavy atom. The summed E-state index contributed by atoms with van der Waals surface area (Å²) in [5, 5.41) is 3.22. The lowest BCUT2D eigenvalue weighted by atomic mass is 10.2. The minimum atomic E-state index is 0.840. The van der Waals surface area contributed by atoms with Crippen LogP contribution in [0.4, 0.5) is 0 Å². The van der Waals surface area contributed by atoms with Crippen molar-refractivity contribution in [1.82, 2.24) is 9.97 Å². The molecule has 19 heavy (non-hydrogen) atoms. The molecule has 0 radical (unpaired) electrons. The van der Waals surface area contributed by atoms with E-state index in [1.54, 1.807) is 17.5 Å². The second kappa shape index (κ2) is 5.63. The third-order valence-corrected chi connectivity index (χ3v) is 4.09. The Bertz CT molecular complexity index is 679. The van der Waals surface area contributed by atoms with Crippen molar-refractivity contribution in [3.05, 3.63) is 69.2 Å². The number of pyridine rings is 1. The molecule has 0 aliphatic rings. The largest absolute Gasteiger partial charge is 0.264 e. The summed E-state index contributed by atoms with van der Waals surface area (Å²) < 4.78 is 1.08. The van der Waals surface area contributed by atoms with E-state index in [9.17, 15) is 0 Å². The Morgan fingerprint density at radius 2 is 2.11 bits per heavy atom. The summed E-state index contributed by atoms with van der Waals surface area (Å²) >= 11 is 5.18. The summed E-state index contributed by atoms with van der Waals surface area (Å²) in [6, 6.07) is 12.2. The van der Waals surface area contributed by atoms with E-state index in [2.05, 4.69) is 49.5 Å². The van der Waals surface area contributed by atoms with E-state index in [1.165, 1.54) is 5.56 Å². The first-order valence-electron chi connectivity index (χ1n) is 5.90. The van der Waals surface area contributed by atoms with Crippen LogP contribution in [0.1, 0.15) is 10.6 Å². The Labute approximate surface area is 124 Å². The van der Waals surface area contributed by atoms with Gasteiger partial charge in [-0.3, -0.25) is 4.98 Å². The Kier molecular flexibility index (Phi) is 3.71. The zero-order chi connectivity index (χ0) is 13.1. The maximum atomic E-state index is 4.69. The van der Waals surface area contributed by atoms with Gasteiger partial charge >= 0.3 is 0 Å². The molecule has 3 rings (SSSR count). The first-order valence-corrected chi connectivity index (χ1v) is 7.58. The molecule has 0 atom stereocenters. The van der Waals surface area contributed by atoms with Crippen molar-refractivity contribution >= 4 is 27.3 Å². The number of rotatable bonds is 3. The first-order chi connectivity index (χ1) is 9.31. The highest BCUT2D eigenvalue weighted by Gasteiger charge is 2.05. The Morgan fingerprint density at radius 1 is 1.16 bits per heavy atom. The van der Waals surface area contributed by atoms with Crippen molar-refractivity contribution in [2.24, 2.45) is 0 Å². The molecule has 2 nitrogen and oxygen atoms in total. The molecule has 0 N–H and O–H groups in total. The Hall–Kier alpha value is -1.52. The van der Waals surface area contributed by atoms with Gasteiger partial charge in [0.25, 0.3) is 0 Å². The van der Waals surface area contributed by atoms with Crippen LogP contribution in [0.2, 0.25) is 0 Å². The van der Waals surface area contributed by atoms with E-state index in [0.717, 1.165) is 27.2 Å². The molecular formula is C15H11BrN2S. The van der Waals surface area contributed by atoms with Gasteiger partial charge in [-0.1, -0.05) is 34.1 Å². The van der Waals surface area contributed by atoms with Crippen molar-refractivity contribution in [2.45, 2.75) is 6.42 Å². The maximum Gasteiger partial charge on any atom is 0.0977 e. The topological polar surface area (TPSA) is 25.8 Å². The lowest BCUT2D eigenvalue weighted by molar-refractivity contribution is 1.11. The van der Waals surface area contributed by atoms with Crippen molar-refractivity contribution in [3.63, 3.8) is 0 Å². The van der Waals surface area contributed by atoms with Gasteiger partial charge in [0.05, 0.1) is 10.7 Å². The van der Waals surface area contributed by atoms with Crippen LogP contribution in [0, 0.1) is 0 Å². The highest BCUT2D eigenvalue weighted by molar-refractivity contribution is 9.10. The van der Waals surface area contributed by atoms with E-state index in [1.807, 2.05) is 24.4 Å². The van der Waals surface area contributed by atoms with Crippen molar-refractivity contribution in [1.29, 1.82) is 0 Å². The number of nitrogens with zero attached hydrogens (tertiary/aromatic N) is 2. The van der Waals surface area contributed by atoms with Crippen molar-refractivity contribution < 1.29 is 0 Å². The highest BCUT2D eigenvalue weighted by atomic mass is 79.9. The monoisotopic (exact) mass is 330 g/mol. The molecule has 2 aromatic heterocycles. The third-order valence-electron chi connectivity index (χ3n) is 2.75. The number of benzene rings is 1. The molecule has 0 unspecified atom stereocenters. The molecule has 0 saturated carbocycles. The smallest absolute Gasteiger partial charge is 0.0977 e. The Balaban J connectivity index is 1.84. The fourth-order valence-corrected chi connectivity index (χ4v) is 3.09. The van der Waals surface area contributed by atoms with Gasteiger partial charge in [-0.15, -0.1) is 11.3 Å². The summed E-state index contributed by atoms with van der Waals surface area (Å²) in [5.41, 5.74) is 3.37. The van der Waals surface area contributed by atoms with E-state index >= 15 is 0 Å². The molecule has 3 aromatic rings. The zero-order valence-corrected chi connectivity index (χ0v) is 12.5. The van der Waals surface area contributed by atoms with E-state index in [0.29, 0.717) is 0 Å². The van der Waals surface area contributed by atoms with Gasteiger partial charge in [0.2, 0.25) is 0 Å². The second-order valence-electron chi connectivity index (χ2n) is 4.17. The molecule has 0 amide bonds. The number of hydrogen-bond donors (Lipinski definition) is 0. The summed E-state index contributed by atoms with van der Waals surface area (Å²) in [4.78, 5) is 8.81. The van der Waals surface area contributed by atoms with Crippen LogP contribution in [0.25, 0.3) is 11.3 Å². The van der Waals surface area contributed by atoms with Gasteiger partial charge in [0.15, 0.2) is 0 Å². The predicted octanol–water partition coefficient (Wildman–Crippen LogP) is 4.56. The lowest BCUT2D eigenvalue weighted by Gasteiger charge is -1.98. The van der Waals surface area contributed by atoms with Crippen LogP contribution in [-0.2, 0) is 6.42 Å². The molecule has 0 fully saturated rings. The van der Waals surface area contributed by atoms with E-state index in [-0.39, 0.29) is 0 Å². The molecule has 0 bridgehead atoms. The molecule has 0 aliphatic carbocycles. The standard InChI is InChI=1S/C15H11BrN2S/c16-13-5-1-4-12(8-13)14-10-19-15(18-14)7-11-3-2-6-17-9-11/h1-6,8-10H,7H2. The first kappa shape index (κ1) is 12.5. The summed E-state index contributed by atoms with van der Waals surface area (Å²) in [5.74, 6) is 0. The highest BCUT2D eigenvalue weighted by Crippen LogP contribution is 2.25. The number of halogens is 1. The average molecular weight is 331 g/mol. The van der Waals surface area contributed by atoms with Gasteiger partial charge in [0.1, 0.15) is 0 Å². The third kappa shape index (κ3) is 3.08. The van der Waals surface area contributed by atoms with Crippen LogP contribution in [0.3, 0.4) is 0 Å². The van der Waals surface area contributed by atoms with Crippen LogP contribution in [0.5, 0.6) is 0 Å². The van der Waals surface area contributed by atoms with E-state index < -0.39 is 0 Å². The number of hydrogen-bond acceptors (Lipinski definition) is 3. The zero-order valence-electron chi connectivity index (χ0n) is 10.1. The molecular weight excluding hydrogens is 320 g/mol. The summed E-state index contributed by atoms with van der Waals surface area (Å²) in [6.07, 6.45) is 4.52. The second-order valence-corrected chi connectivity index (χ2v) is 6.03. The van der Waals surface area contributed by atoms with Crippen LogP contribution in [-0.4, -0.2) is 9.97 Å². The SMILES string of the molecule is Brc1cccc(-c2csc(Cc3cccnc3)n2)c1. The van der Waals surface area contributed by atoms with Gasteiger partial charge in [-0.05, 0) is 23.8 Å². The normalized spacial score (nSPS) is 10.6. The molecule has 4 heteroatoms. The van der Waals surface area contributed by atoms with Gasteiger partial charge in [-0.25, -0.2) is 4.98 Å². The van der Waals surface area contributed by atoms with E-state index in [4.69, 9.17) is 0 Å². The molecule has 94 valence electrons. The number of aromatic nitrogens is 2. The quantitative estimate of drug-likeness (QED) is 0.703. The molecule has 0 saturated heterocycles. The van der Waals surface area contributed by atoms with Crippen molar-refractivity contribution in [3.8, 4) is 11.3 Å². The number of thiazole rings is 1. The van der Waals surface area contributed by atoms with Crippen molar-refractivity contribution in [2.75, 3.05) is 0 Å². The minimum absolute atomic E-state index is 0.840. The maximum absolute atomic E-state index is 4.69. The fraction of sp³-hybridized carbons (Fsp3) is 0.0667. The fourth-order valence-electron chi connectivity index (χ4n) is 1.85. The lowest BCUT2D eigenvalue weighted by Crippen LogP contribution is -1.88. The molecule has 0 spiro atoms. The molecule has 0 aliphatic heterocycles. The summed E-state index contributed by atoms with van der Waals surface area (Å²) in [7, 11) is 0. The van der Waals surface area contributed by atoms with Crippen LogP contribution < -0.4 is 0 Å². The van der Waals surface area contributed by atoms with Crippen LogP contribution >= 0.6 is 27.3 Å².